The Morgan fingerprint density at radius 3 is 2.27 bits per heavy atom. The van der Waals surface area contributed by atoms with E-state index in [1.807, 2.05) is 0 Å². The Morgan fingerprint density at radius 2 is 1.82 bits per heavy atom. The van der Waals surface area contributed by atoms with Crippen molar-refractivity contribution in [2.75, 3.05) is 19.7 Å². The van der Waals surface area contributed by atoms with Crippen molar-refractivity contribution < 1.29 is 10.2 Å². The highest BCUT2D eigenvalue weighted by molar-refractivity contribution is 5.85. The minimum Gasteiger partial charge on any atom is -0.396 e. The zero-order valence-electron chi connectivity index (χ0n) is 6.55. The van der Waals surface area contributed by atoms with E-state index in [2.05, 4.69) is 5.32 Å². The van der Waals surface area contributed by atoms with Crippen molar-refractivity contribution in [1.29, 1.82) is 0 Å². The second-order valence-electron chi connectivity index (χ2n) is 2.95. The van der Waals surface area contributed by atoms with Crippen molar-refractivity contribution in [2.45, 2.75) is 24.9 Å². The number of piperidine rings is 1. The highest BCUT2D eigenvalue weighted by atomic mass is 35.5. The lowest BCUT2D eigenvalue weighted by Gasteiger charge is -2.31. The fourth-order valence-corrected chi connectivity index (χ4v) is 1.35. The summed E-state index contributed by atoms with van der Waals surface area (Å²) in [7, 11) is 0. The van der Waals surface area contributed by atoms with Gasteiger partial charge < -0.3 is 15.5 Å². The molecule has 1 aliphatic rings. The topological polar surface area (TPSA) is 52.5 Å². The average molecular weight is 182 g/mol. The first-order valence-electron chi connectivity index (χ1n) is 3.81. The zero-order chi connectivity index (χ0) is 7.45. The van der Waals surface area contributed by atoms with Crippen LogP contribution < -0.4 is 5.32 Å². The number of hydrogen-bond donors (Lipinski definition) is 3. The molecule has 68 valence electrons. The molecule has 1 fully saturated rings. The van der Waals surface area contributed by atoms with Crippen LogP contribution in [0.25, 0.3) is 0 Å². The molecule has 1 aliphatic heterocycles. The van der Waals surface area contributed by atoms with Gasteiger partial charge in [0.15, 0.2) is 0 Å². The van der Waals surface area contributed by atoms with Crippen molar-refractivity contribution in [3.05, 3.63) is 0 Å². The van der Waals surface area contributed by atoms with Crippen molar-refractivity contribution in [2.24, 2.45) is 0 Å². The van der Waals surface area contributed by atoms with Crippen LogP contribution in [0.3, 0.4) is 0 Å². The largest absolute Gasteiger partial charge is 0.396 e. The van der Waals surface area contributed by atoms with Gasteiger partial charge in [-0.25, -0.2) is 0 Å². The lowest BCUT2D eigenvalue weighted by atomic mass is 9.90. The van der Waals surface area contributed by atoms with E-state index in [1.54, 1.807) is 0 Å². The minimum absolute atomic E-state index is 0. The van der Waals surface area contributed by atoms with Crippen molar-refractivity contribution in [3.8, 4) is 0 Å². The lowest BCUT2D eigenvalue weighted by molar-refractivity contribution is -0.0103. The summed E-state index contributed by atoms with van der Waals surface area (Å²) in [5.74, 6) is 0. The summed E-state index contributed by atoms with van der Waals surface area (Å²) in [5.41, 5.74) is -0.583. The summed E-state index contributed by atoms with van der Waals surface area (Å²) in [6, 6.07) is 0. The summed E-state index contributed by atoms with van der Waals surface area (Å²) in [4.78, 5) is 0. The second-order valence-corrected chi connectivity index (χ2v) is 2.95. The van der Waals surface area contributed by atoms with E-state index in [1.165, 1.54) is 0 Å². The van der Waals surface area contributed by atoms with Crippen LogP contribution in [0.4, 0.5) is 0 Å². The minimum atomic E-state index is -0.583. The van der Waals surface area contributed by atoms with Gasteiger partial charge in [0, 0.05) is 6.61 Å². The molecule has 0 aromatic heterocycles. The maximum atomic E-state index is 9.67. The molecule has 3 N–H and O–H groups in total. The molecule has 0 aliphatic carbocycles. The zero-order valence-corrected chi connectivity index (χ0v) is 7.36. The first-order chi connectivity index (χ1) is 4.77. The van der Waals surface area contributed by atoms with Crippen molar-refractivity contribution in [1.82, 2.24) is 5.32 Å². The first kappa shape index (κ1) is 11.2. The Hall–Kier alpha value is 0.170. The number of halogens is 1. The number of nitrogens with one attached hydrogen (secondary N) is 1. The third-order valence-electron chi connectivity index (χ3n) is 2.11. The first-order valence-corrected chi connectivity index (χ1v) is 3.81. The molecule has 1 rings (SSSR count). The van der Waals surface area contributed by atoms with Crippen LogP contribution in [-0.2, 0) is 0 Å². The molecule has 3 nitrogen and oxygen atoms in total. The van der Waals surface area contributed by atoms with Crippen LogP contribution in [0.15, 0.2) is 0 Å². The number of rotatable bonds is 2. The van der Waals surface area contributed by atoms with Crippen molar-refractivity contribution in [3.63, 3.8) is 0 Å². The van der Waals surface area contributed by atoms with E-state index < -0.39 is 5.60 Å². The van der Waals surface area contributed by atoms with Gasteiger partial charge in [-0.05, 0) is 32.4 Å². The summed E-state index contributed by atoms with van der Waals surface area (Å²) in [6.07, 6.45) is 2.07. The van der Waals surface area contributed by atoms with Gasteiger partial charge in [-0.1, -0.05) is 0 Å². The molecule has 1 heterocycles. The molecule has 0 aromatic rings. The molecule has 0 bridgehead atoms. The molecular weight excluding hydrogens is 166 g/mol. The lowest BCUT2D eigenvalue weighted by Crippen LogP contribution is -2.42. The normalized spacial score (nSPS) is 22.4. The summed E-state index contributed by atoms with van der Waals surface area (Å²) >= 11 is 0. The Bertz CT molecular complexity index is 99.1. The van der Waals surface area contributed by atoms with E-state index in [0.717, 1.165) is 25.9 Å². The summed E-state index contributed by atoms with van der Waals surface area (Å²) in [6.45, 7) is 1.84. The van der Waals surface area contributed by atoms with Gasteiger partial charge in [0.1, 0.15) is 0 Å². The number of hydrogen-bond acceptors (Lipinski definition) is 3. The Morgan fingerprint density at radius 1 is 1.27 bits per heavy atom. The molecule has 0 amide bonds. The highest BCUT2D eigenvalue weighted by Gasteiger charge is 2.27. The number of aliphatic hydroxyl groups is 2. The monoisotopic (exact) mass is 181 g/mol. The van der Waals surface area contributed by atoms with Crippen LogP contribution in [0, 0.1) is 0 Å². The van der Waals surface area contributed by atoms with Crippen molar-refractivity contribution >= 4 is 12.4 Å². The van der Waals surface area contributed by atoms with E-state index in [9.17, 15) is 5.11 Å². The van der Waals surface area contributed by atoms with Gasteiger partial charge in [-0.2, -0.15) is 0 Å². The predicted molar refractivity (Wildman–Crippen MR) is 46.0 cm³/mol. The molecule has 11 heavy (non-hydrogen) atoms. The fraction of sp³-hybridized carbons (Fsp3) is 1.00. The molecule has 0 spiro atoms. The van der Waals surface area contributed by atoms with Gasteiger partial charge >= 0.3 is 0 Å². The van der Waals surface area contributed by atoms with E-state index in [0.29, 0.717) is 6.42 Å². The molecule has 0 aromatic carbocycles. The van der Waals surface area contributed by atoms with Gasteiger partial charge in [-0.15, -0.1) is 12.4 Å². The summed E-state index contributed by atoms with van der Waals surface area (Å²) in [5, 5.41) is 21.4. The Balaban J connectivity index is 0.000001000. The van der Waals surface area contributed by atoms with Crippen LogP contribution in [0.2, 0.25) is 0 Å². The fourth-order valence-electron chi connectivity index (χ4n) is 1.35. The molecule has 0 atom stereocenters. The standard InChI is InChI=1S/C7H15NO2.ClH/c9-6-3-7(10)1-4-8-5-2-7;/h8-10H,1-6H2;1H. The molecular formula is C7H16ClNO2. The van der Waals surface area contributed by atoms with Crippen LogP contribution in [0.5, 0.6) is 0 Å². The molecule has 0 unspecified atom stereocenters. The Kier molecular flexibility index (Phi) is 5.01. The smallest absolute Gasteiger partial charge is 0.0693 e. The van der Waals surface area contributed by atoms with E-state index in [4.69, 9.17) is 5.11 Å². The number of aliphatic hydroxyl groups excluding tert-OH is 1. The van der Waals surface area contributed by atoms with Gasteiger partial charge in [0.25, 0.3) is 0 Å². The maximum absolute atomic E-state index is 9.67. The van der Waals surface area contributed by atoms with E-state index >= 15 is 0 Å². The molecule has 1 saturated heterocycles. The Labute approximate surface area is 73.2 Å². The van der Waals surface area contributed by atoms with Crippen LogP contribution in [-0.4, -0.2) is 35.5 Å². The van der Waals surface area contributed by atoms with Gasteiger partial charge in [-0.3, -0.25) is 0 Å². The van der Waals surface area contributed by atoms with Gasteiger partial charge in [0.2, 0.25) is 0 Å². The molecule has 0 radical (unpaired) electrons. The van der Waals surface area contributed by atoms with Crippen LogP contribution in [0.1, 0.15) is 19.3 Å². The second kappa shape index (κ2) is 4.93. The maximum Gasteiger partial charge on any atom is 0.0693 e. The third kappa shape index (κ3) is 3.38. The quantitative estimate of drug-likeness (QED) is 0.558. The predicted octanol–water partition coefficient (Wildman–Crippen LogP) is -0.0949. The average Bonchev–Trinajstić information content (AvgIpc) is 1.89. The third-order valence-corrected chi connectivity index (χ3v) is 2.11. The van der Waals surface area contributed by atoms with E-state index in [-0.39, 0.29) is 19.0 Å². The molecule has 4 heteroatoms. The summed E-state index contributed by atoms with van der Waals surface area (Å²) < 4.78 is 0. The SMILES string of the molecule is Cl.OCCC1(O)CCNCC1. The van der Waals surface area contributed by atoms with Crippen LogP contribution >= 0.6 is 12.4 Å². The molecule has 0 saturated carbocycles. The highest BCUT2D eigenvalue weighted by Crippen LogP contribution is 2.20. The van der Waals surface area contributed by atoms with Gasteiger partial charge in [0.05, 0.1) is 5.60 Å².